The van der Waals surface area contributed by atoms with E-state index in [0.717, 1.165) is 29.8 Å². The molecule has 1 aromatic heterocycles. The molecule has 0 atom stereocenters. The van der Waals surface area contributed by atoms with Gasteiger partial charge in [0.1, 0.15) is 10.8 Å². The lowest BCUT2D eigenvalue weighted by atomic mass is 10.2. The minimum Gasteiger partial charge on any atom is -0.423 e. The Bertz CT molecular complexity index is 688. The molecule has 1 aromatic carbocycles. The van der Waals surface area contributed by atoms with E-state index in [0.29, 0.717) is 5.75 Å². The van der Waals surface area contributed by atoms with Crippen LogP contribution in [0.2, 0.25) is 0 Å². The Balaban J connectivity index is 1.85. The number of rotatable bonds is 11. The van der Waals surface area contributed by atoms with Gasteiger partial charge in [0, 0.05) is 22.7 Å². The van der Waals surface area contributed by atoms with Crippen LogP contribution in [-0.2, 0) is 11.2 Å². The molecule has 140 valence electrons. The first-order valence-electron chi connectivity index (χ1n) is 9.66. The molecule has 0 fully saturated rings. The predicted octanol–water partition coefficient (Wildman–Crippen LogP) is 6.58. The molecule has 0 spiro atoms. The second-order valence-electron chi connectivity index (χ2n) is 6.43. The van der Waals surface area contributed by atoms with Crippen LogP contribution in [0.3, 0.4) is 0 Å². The third-order valence-corrected chi connectivity index (χ3v) is 5.23. The van der Waals surface area contributed by atoms with Crippen molar-refractivity contribution in [3.05, 3.63) is 47.5 Å². The molecule has 4 heteroatoms. The molecule has 0 aliphatic rings. The van der Waals surface area contributed by atoms with Gasteiger partial charge in [-0.05, 0) is 49.9 Å². The number of esters is 1. The van der Waals surface area contributed by atoms with Crippen molar-refractivity contribution in [2.24, 2.45) is 0 Å². The van der Waals surface area contributed by atoms with Crippen molar-refractivity contribution >= 4 is 17.3 Å². The maximum atomic E-state index is 11.8. The van der Waals surface area contributed by atoms with Crippen LogP contribution in [0.5, 0.6) is 5.75 Å². The van der Waals surface area contributed by atoms with Gasteiger partial charge in [-0.15, -0.1) is 11.3 Å². The molecule has 1 heterocycles. The van der Waals surface area contributed by atoms with Gasteiger partial charge in [-0.1, -0.05) is 45.6 Å². The first-order valence-corrected chi connectivity index (χ1v) is 10.5. The molecule has 0 unspecified atom stereocenters. The van der Waals surface area contributed by atoms with Crippen molar-refractivity contribution in [2.75, 3.05) is 0 Å². The summed E-state index contributed by atoms with van der Waals surface area (Å²) in [4.78, 5) is 17.7. The lowest BCUT2D eigenvalue weighted by Gasteiger charge is -2.02. The number of carbonyl (C=O) groups is 1. The topological polar surface area (TPSA) is 39.2 Å². The zero-order valence-electron chi connectivity index (χ0n) is 15.9. The molecule has 3 nitrogen and oxygen atoms in total. The van der Waals surface area contributed by atoms with Gasteiger partial charge in [-0.3, -0.25) is 0 Å². The summed E-state index contributed by atoms with van der Waals surface area (Å²) in [7, 11) is 0. The van der Waals surface area contributed by atoms with E-state index in [-0.39, 0.29) is 5.97 Å². The van der Waals surface area contributed by atoms with Crippen LogP contribution < -0.4 is 4.74 Å². The number of hydrogen-bond acceptors (Lipinski definition) is 4. The summed E-state index contributed by atoms with van der Waals surface area (Å²) in [6, 6.07) is 7.58. The van der Waals surface area contributed by atoms with Gasteiger partial charge in [0.25, 0.3) is 0 Å². The van der Waals surface area contributed by atoms with Gasteiger partial charge in [0.2, 0.25) is 0 Å². The number of hydrogen-bond donors (Lipinski definition) is 0. The number of aryl methyl sites for hydroxylation is 1. The van der Waals surface area contributed by atoms with Gasteiger partial charge >= 0.3 is 5.97 Å². The van der Waals surface area contributed by atoms with E-state index >= 15 is 0 Å². The highest BCUT2D eigenvalue weighted by Gasteiger charge is 2.06. The minimum atomic E-state index is -0.318. The van der Waals surface area contributed by atoms with Crippen LogP contribution in [0, 0.1) is 0 Å². The zero-order chi connectivity index (χ0) is 18.6. The molecule has 0 saturated carbocycles. The molecule has 0 saturated heterocycles. The summed E-state index contributed by atoms with van der Waals surface area (Å²) >= 11 is 1.74. The highest BCUT2D eigenvalue weighted by molar-refractivity contribution is 7.15. The van der Waals surface area contributed by atoms with Gasteiger partial charge in [-0.2, -0.15) is 0 Å². The van der Waals surface area contributed by atoms with E-state index in [1.54, 1.807) is 11.3 Å². The Hall–Kier alpha value is -1.94. The summed E-state index contributed by atoms with van der Waals surface area (Å²) in [5.74, 6) is 0.249. The van der Waals surface area contributed by atoms with Gasteiger partial charge in [0.05, 0.1) is 0 Å². The molecule has 0 aliphatic carbocycles. The number of benzene rings is 1. The average Bonchev–Trinajstić information content (AvgIpc) is 3.11. The van der Waals surface area contributed by atoms with Crippen molar-refractivity contribution in [1.82, 2.24) is 4.98 Å². The maximum Gasteiger partial charge on any atom is 0.335 e. The van der Waals surface area contributed by atoms with Crippen molar-refractivity contribution in [3.63, 3.8) is 0 Å². The second-order valence-corrected chi connectivity index (χ2v) is 7.55. The second kappa shape index (κ2) is 11.6. The zero-order valence-corrected chi connectivity index (χ0v) is 16.7. The number of allylic oxidation sites excluding steroid dienone is 1. The largest absolute Gasteiger partial charge is 0.423 e. The van der Waals surface area contributed by atoms with E-state index in [9.17, 15) is 4.79 Å². The molecule has 2 rings (SSSR count). The fourth-order valence-electron chi connectivity index (χ4n) is 2.61. The average molecular weight is 372 g/mol. The third-order valence-electron chi connectivity index (χ3n) is 4.13. The van der Waals surface area contributed by atoms with Crippen LogP contribution >= 0.6 is 11.3 Å². The fourth-order valence-corrected chi connectivity index (χ4v) is 3.57. The van der Waals surface area contributed by atoms with Gasteiger partial charge < -0.3 is 4.74 Å². The summed E-state index contributed by atoms with van der Waals surface area (Å²) in [5, 5.41) is 1.02. The molecule has 0 radical (unpaired) electrons. The molecule has 0 bridgehead atoms. The molecular weight excluding hydrogens is 342 g/mol. The van der Waals surface area contributed by atoms with Crippen LogP contribution in [0.4, 0.5) is 0 Å². The summed E-state index contributed by atoms with van der Waals surface area (Å²) in [5.41, 5.74) is 1.06. The number of carbonyl (C=O) groups excluding carboxylic acids is 1. The van der Waals surface area contributed by atoms with Crippen LogP contribution in [0.15, 0.2) is 42.6 Å². The highest BCUT2D eigenvalue weighted by atomic mass is 32.1. The molecule has 0 aliphatic heterocycles. The summed E-state index contributed by atoms with van der Waals surface area (Å²) < 4.78 is 5.34. The van der Waals surface area contributed by atoms with Crippen molar-refractivity contribution < 1.29 is 9.53 Å². The summed E-state index contributed by atoms with van der Waals surface area (Å²) in [6.45, 7) is 4.38. The Labute approximate surface area is 161 Å². The normalized spacial score (nSPS) is 11.2. The number of thiazole rings is 1. The van der Waals surface area contributed by atoms with Crippen LogP contribution in [0.1, 0.15) is 63.7 Å². The lowest BCUT2D eigenvalue weighted by Crippen LogP contribution is -2.03. The monoisotopic (exact) mass is 371 g/mol. The molecule has 0 amide bonds. The van der Waals surface area contributed by atoms with Gasteiger partial charge in [0.15, 0.2) is 0 Å². The number of nitrogens with zero attached hydrogens (tertiary/aromatic N) is 1. The molecular formula is C22H29NO2S. The Morgan fingerprint density at radius 2 is 1.81 bits per heavy atom. The lowest BCUT2D eigenvalue weighted by molar-refractivity contribution is -0.129. The van der Waals surface area contributed by atoms with Crippen molar-refractivity contribution in [1.29, 1.82) is 0 Å². The van der Waals surface area contributed by atoms with Crippen LogP contribution in [-0.4, -0.2) is 11.0 Å². The van der Waals surface area contributed by atoms with E-state index < -0.39 is 0 Å². The molecule has 26 heavy (non-hydrogen) atoms. The molecule has 0 N–H and O–H groups in total. The first kappa shape index (κ1) is 20.4. The number of unbranched alkanes of at least 4 members (excludes halogenated alkanes) is 5. The third kappa shape index (κ3) is 7.12. The van der Waals surface area contributed by atoms with E-state index in [4.69, 9.17) is 4.74 Å². The SMILES string of the molecule is CCCCC/C=C/C(=O)Oc1ccc(-c2ncc(CCCCC)s2)cc1. The number of aromatic nitrogens is 1. The first-order chi connectivity index (χ1) is 12.7. The maximum absolute atomic E-state index is 11.8. The minimum absolute atomic E-state index is 0.318. The number of ether oxygens (including phenoxy) is 1. The van der Waals surface area contributed by atoms with Crippen molar-refractivity contribution in [2.45, 2.75) is 65.2 Å². The predicted molar refractivity (Wildman–Crippen MR) is 110 cm³/mol. The van der Waals surface area contributed by atoms with E-state index in [2.05, 4.69) is 18.8 Å². The van der Waals surface area contributed by atoms with E-state index in [1.807, 2.05) is 36.5 Å². The highest BCUT2D eigenvalue weighted by Crippen LogP contribution is 2.27. The fraction of sp³-hybridized carbons (Fsp3) is 0.455. The van der Waals surface area contributed by atoms with Crippen molar-refractivity contribution in [3.8, 4) is 16.3 Å². The van der Waals surface area contributed by atoms with Crippen LogP contribution in [0.25, 0.3) is 10.6 Å². The standard InChI is InChI=1S/C22H29NO2S/c1-3-5-7-8-10-12-21(24)25-19-15-13-18(14-16-19)22-23-17-20(26-22)11-9-6-4-2/h10,12-17H,3-9,11H2,1-2H3/b12-10+. The Morgan fingerprint density at radius 3 is 2.54 bits per heavy atom. The van der Waals surface area contributed by atoms with E-state index in [1.165, 1.54) is 43.1 Å². The molecule has 2 aromatic rings. The quantitative estimate of drug-likeness (QED) is 0.194. The smallest absolute Gasteiger partial charge is 0.335 e. The Morgan fingerprint density at radius 1 is 1.08 bits per heavy atom. The van der Waals surface area contributed by atoms with Gasteiger partial charge in [-0.25, -0.2) is 9.78 Å². The summed E-state index contributed by atoms with van der Waals surface area (Å²) in [6.07, 6.45) is 14.6. The Kier molecular flexibility index (Phi) is 9.11.